The number of hydrogen-bond donors (Lipinski definition) is 1. The van der Waals surface area contributed by atoms with E-state index < -0.39 is 0 Å². The van der Waals surface area contributed by atoms with Gasteiger partial charge in [-0.25, -0.2) is 0 Å². The summed E-state index contributed by atoms with van der Waals surface area (Å²) in [7, 11) is 0. The average Bonchev–Trinajstić information content (AvgIpc) is 2.65. The molecule has 0 amide bonds. The third-order valence-corrected chi connectivity index (χ3v) is 2.69. The van der Waals surface area contributed by atoms with Crippen LogP contribution >= 0.6 is 0 Å². The zero-order chi connectivity index (χ0) is 8.67. The van der Waals surface area contributed by atoms with Crippen molar-refractivity contribution in [1.29, 1.82) is 0 Å². The van der Waals surface area contributed by atoms with Crippen molar-refractivity contribution in [2.75, 3.05) is 13.2 Å². The summed E-state index contributed by atoms with van der Waals surface area (Å²) in [5.74, 6) is 1.46. The molecule has 1 aromatic rings. The van der Waals surface area contributed by atoms with Crippen molar-refractivity contribution in [2.45, 2.75) is 6.04 Å². The van der Waals surface area contributed by atoms with Crippen LogP contribution in [0.15, 0.2) is 24.3 Å². The van der Waals surface area contributed by atoms with Gasteiger partial charge in [-0.1, -0.05) is 18.2 Å². The van der Waals surface area contributed by atoms with Gasteiger partial charge in [0.15, 0.2) is 0 Å². The van der Waals surface area contributed by atoms with E-state index in [1.54, 1.807) is 0 Å². The smallest absolute Gasteiger partial charge is 0.124 e. The molecule has 1 N–H and O–H groups in total. The molecule has 0 aliphatic carbocycles. The number of para-hydroxylation sites is 1. The van der Waals surface area contributed by atoms with Gasteiger partial charge < -0.3 is 9.57 Å². The fraction of sp³-hybridized carbons (Fsp3) is 0.400. The summed E-state index contributed by atoms with van der Waals surface area (Å²) in [6, 6.07) is 8.45. The van der Waals surface area contributed by atoms with Crippen LogP contribution in [0.5, 0.6) is 5.75 Å². The lowest BCUT2D eigenvalue weighted by molar-refractivity contribution is 0.0861. The van der Waals surface area contributed by atoms with Crippen molar-refractivity contribution in [3.63, 3.8) is 0 Å². The molecule has 0 spiro atoms. The van der Waals surface area contributed by atoms with Crippen molar-refractivity contribution < 1.29 is 9.57 Å². The van der Waals surface area contributed by atoms with Gasteiger partial charge in [0.2, 0.25) is 0 Å². The van der Waals surface area contributed by atoms with Crippen LogP contribution in [0.4, 0.5) is 0 Å². The number of benzene rings is 1. The normalized spacial score (nSPS) is 30.5. The number of rotatable bonds is 0. The summed E-state index contributed by atoms with van der Waals surface area (Å²) in [6.07, 6.45) is 0. The van der Waals surface area contributed by atoms with Crippen molar-refractivity contribution >= 4 is 0 Å². The second-order valence-electron chi connectivity index (χ2n) is 3.52. The number of hydroxylamine groups is 1. The third-order valence-electron chi connectivity index (χ3n) is 2.69. The topological polar surface area (TPSA) is 30.5 Å². The third kappa shape index (κ3) is 1.04. The minimum absolute atomic E-state index is 0.324. The predicted molar refractivity (Wildman–Crippen MR) is 47.3 cm³/mol. The molecule has 0 saturated carbocycles. The fourth-order valence-corrected chi connectivity index (χ4v) is 1.96. The van der Waals surface area contributed by atoms with Gasteiger partial charge in [-0.3, -0.25) is 0 Å². The maximum Gasteiger partial charge on any atom is 0.124 e. The molecule has 3 rings (SSSR count). The SMILES string of the molecule is c1ccc2c(c1)OC[C@@H]1CON[C@H]21. The van der Waals surface area contributed by atoms with Crippen molar-refractivity contribution in [1.82, 2.24) is 5.48 Å². The number of ether oxygens (including phenoxy) is 1. The molecule has 2 aliphatic heterocycles. The molecule has 13 heavy (non-hydrogen) atoms. The van der Waals surface area contributed by atoms with Crippen LogP contribution in [-0.2, 0) is 4.84 Å². The molecule has 2 heterocycles. The second-order valence-corrected chi connectivity index (χ2v) is 3.52. The fourth-order valence-electron chi connectivity index (χ4n) is 1.96. The average molecular weight is 177 g/mol. The van der Waals surface area contributed by atoms with Crippen LogP contribution in [0.3, 0.4) is 0 Å². The maximum atomic E-state index is 5.62. The molecule has 0 aromatic heterocycles. The van der Waals surface area contributed by atoms with Gasteiger partial charge >= 0.3 is 0 Å². The quantitative estimate of drug-likeness (QED) is 0.647. The van der Waals surface area contributed by atoms with Crippen LogP contribution in [0.2, 0.25) is 0 Å². The summed E-state index contributed by atoms with van der Waals surface area (Å²) in [5.41, 5.74) is 4.25. The Morgan fingerprint density at radius 1 is 1.23 bits per heavy atom. The lowest BCUT2D eigenvalue weighted by Gasteiger charge is -2.26. The Morgan fingerprint density at radius 2 is 2.15 bits per heavy atom. The zero-order valence-electron chi connectivity index (χ0n) is 7.19. The molecule has 3 nitrogen and oxygen atoms in total. The standard InChI is InChI=1S/C10H11NO2/c1-2-4-9-8(3-1)10-7(5-12-9)6-13-11-10/h1-4,7,10-11H,5-6H2/t7-,10+/m1/s1. The first-order valence-corrected chi connectivity index (χ1v) is 4.54. The van der Waals surface area contributed by atoms with Crippen LogP contribution in [0.1, 0.15) is 11.6 Å². The minimum atomic E-state index is 0.324. The van der Waals surface area contributed by atoms with Crippen LogP contribution in [0.25, 0.3) is 0 Å². The molecule has 1 fully saturated rings. The lowest BCUT2D eigenvalue weighted by atomic mass is 9.93. The Morgan fingerprint density at radius 3 is 3.15 bits per heavy atom. The largest absolute Gasteiger partial charge is 0.493 e. The van der Waals surface area contributed by atoms with Gasteiger partial charge in [0.1, 0.15) is 5.75 Å². The summed E-state index contributed by atoms with van der Waals surface area (Å²) in [4.78, 5) is 5.22. The molecule has 68 valence electrons. The molecule has 1 aromatic carbocycles. The molecule has 2 aliphatic rings. The monoisotopic (exact) mass is 177 g/mol. The molecule has 0 radical (unpaired) electrons. The van der Waals surface area contributed by atoms with E-state index >= 15 is 0 Å². The number of fused-ring (bicyclic) bond motifs is 3. The van der Waals surface area contributed by atoms with Gasteiger partial charge in [0.05, 0.1) is 19.3 Å². The predicted octanol–water partition coefficient (Wildman–Crippen LogP) is 1.27. The highest BCUT2D eigenvalue weighted by atomic mass is 16.7. The van der Waals surface area contributed by atoms with Gasteiger partial charge in [-0.05, 0) is 6.07 Å². The molecule has 0 bridgehead atoms. The lowest BCUT2D eigenvalue weighted by Crippen LogP contribution is -2.27. The Labute approximate surface area is 76.6 Å². The van der Waals surface area contributed by atoms with Crippen LogP contribution in [0, 0.1) is 5.92 Å². The molecular weight excluding hydrogens is 166 g/mol. The Hall–Kier alpha value is -1.06. The summed E-state index contributed by atoms with van der Waals surface area (Å²) >= 11 is 0. The summed E-state index contributed by atoms with van der Waals surface area (Å²) in [5, 5.41) is 0. The van der Waals surface area contributed by atoms with E-state index in [0.29, 0.717) is 12.0 Å². The van der Waals surface area contributed by atoms with Gasteiger partial charge in [0, 0.05) is 11.5 Å². The first-order valence-electron chi connectivity index (χ1n) is 4.54. The van der Waals surface area contributed by atoms with Crippen molar-refractivity contribution in [2.24, 2.45) is 5.92 Å². The highest BCUT2D eigenvalue weighted by molar-refractivity contribution is 5.38. The van der Waals surface area contributed by atoms with E-state index in [1.165, 1.54) is 5.56 Å². The van der Waals surface area contributed by atoms with Gasteiger partial charge in [-0.15, -0.1) is 0 Å². The van der Waals surface area contributed by atoms with E-state index in [-0.39, 0.29) is 0 Å². The van der Waals surface area contributed by atoms with E-state index in [9.17, 15) is 0 Å². The maximum absolute atomic E-state index is 5.62. The Balaban J connectivity index is 2.06. The van der Waals surface area contributed by atoms with E-state index in [2.05, 4.69) is 11.5 Å². The number of hydrogen-bond acceptors (Lipinski definition) is 3. The van der Waals surface area contributed by atoms with Crippen molar-refractivity contribution in [3.8, 4) is 5.75 Å². The van der Waals surface area contributed by atoms with Crippen molar-refractivity contribution in [3.05, 3.63) is 29.8 Å². The molecule has 0 unspecified atom stereocenters. The van der Waals surface area contributed by atoms with Crippen LogP contribution in [-0.4, -0.2) is 13.2 Å². The van der Waals surface area contributed by atoms with E-state index in [0.717, 1.165) is 19.0 Å². The molecule has 3 heteroatoms. The minimum Gasteiger partial charge on any atom is -0.493 e. The molecular formula is C10H11NO2. The summed E-state index contributed by atoms with van der Waals surface area (Å²) < 4.78 is 5.62. The highest BCUT2D eigenvalue weighted by Crippen LogP contribution is 2.37. The second kappa shape index (κ2) is 2.72. The van der Waals surface area contributed by atoms with E-state index in [1.807, 2.05) is 18.2 Å². The summed E-state index contributed by atoms with van der Waals surface area (Å²) in [6.45, 7) is 1.51. The number of nitrogens with one attached hydrogen (secondary N) is 1. The molecule has 2 atom stereocenters. The first kappa shape index (κ1) is 7.35. The Kier molecular flexibility index (Phi) is 1.54. The molecule has 1 saturated heterocycles. The van der Waals surface area contributed by atoms with Gasteiger partial charge in [-0.2, -0.15) is 5.48 Å². The van der Waals surface area contributed by atoms with Crippen LogP contribution < -0.4 is 10.2 Å². The van der Waals surface area contributed by atoms with E-state index in [4.69, 9.17) is 9.57 Å². The zero-order valence-corrected chi connectivity index (χ0v) is 7.19. The first-order chi connectivity index (χ1) is 6.45. The highest BCUT2D eigenvalue weighted by Gasteiger charge is 2.35. The Bertz CT molecular complexity index is 326. The van der Waals surface area contributed by atoms with Gasteiger partial charge in [0.25, 0.3) is 0 Å².